The van der Waals surface area contributed by atoms with Crippen LogP contribution in [-0.2, 0) is 14.8 Å². The summed E-state index contributed by atoms with van der Waals surface area (Å²) >= 11 is 0. The summed E-state index contributed by atoms with van der Waals surface area (Å²) in [5.74, 6) is 5.01. The third-order valence-electron chi connectivity index (χ3n) is 4.66. The zero-order chi connectivity index (χ0) is 22.1. The van der Waals surface area contributed by atoms with Gasteiger partial charge in [-0.1, -0.05) is 5.92 Å². The maximum atomic E-state index is 12.4. The normalized spacial score (nSPS) is 16.1. The molecule has 1 saturated heterocycles. The highest BCUT2D eigenvalue weighted by molar-refractivity contribution is 7.88. The van der Waals surface area contributed by atoms with Gasteiger partial charge in [0.1, 0.15) is 18.4 Å². The smallest absolute Gasteiger partial charge is 0.262 e. The second-order valence-electron chi connectivity index (χ2n) is 6.64. The van der Waals surface area contributed by atoms with E-state index in [-0.39, 0.29) is 32.1 Å². The molecule has 0 spiro atoms. The van der Waals surface area contributed by atoms with Crippen LogP contribution >= 0.6 is 0 Å². The van der Waals surface area contributed by atoms with E-state index in [4.69, 9.17) is 9.94 Å². The number of rotatable bonds is 8. The van der Waals surface area contributed by atoms with Gasteiger partial charge in [0.05, 0.1) is 6.26 Å². The highest BCUT2D eigenvalue weighted by Crippen LogP contribution is 2.13. The molecular weight excluding hydrogens is 412 g/mol. The van der Waals surface area contributed by atoms with Crippen molar-refractivity contribution in [3.8, 4) is 17.6 Å². The van der Waals surface area contributed by atoms with Gasteiger partial charge in [-0.2, -0.15) is 4.31 Å². The summed E-state index contributed by atoms with van der Waals surface area (Å²) < 4.78 is 30.0. The topological polar surface area (TPSA) is 128 Å². The van der Waals surface area contributed by atoms with Crippen LogP contribution in [0.2, 0.25) is 0 Å². The van der Waals surface area contributed by atoms with Gasteiger partial charge in [0.2, 0.25) is 10.0 Å². The van der Waals surface area contributed by atoms with Crippen molar-refractivity contribution in [1.82, 2.24) is 20.0 Å². The average Bonchev–Trinajstić information content (AvgIpc) is 2.74. The number of hydroxylamine groups is 1. The van der Waals surface area contributed by atoms with Gasteiger partial charge in [0.25, 0.3) is 11.8 Å². The molecule has 1 aromatic carbocycles. The number of hydrogen-bond donors (Lipinski definition) is 3. The Bertz CT molecular complexity index is 899. The fraction of sp³-hybridized carbons (Fsp3) is 0.474. The molecule has 1 aliphatic heterocycles. The second-order valence-corrected chi connectivity index (χ2v) is 8.62. The Hall–Kier alpha value is -2.65. The molecule has 0 bridgehead atoms. The van der Waals surface area contributed by atoms with E-state index in [0.717, 1.165) is 6.26 Å². The first-order chi connectivity index (χ1) is 14.3. The summed E-state index contributed by atoms with van der Waals surface area (Å²) in [7, 11) is -3.30. The molecule has 1 aromatic rings. The first-order valence-corrected chi connectivity index (χ1v) is 11.1. The third kappa shape index (κ3) is 6.70. The van der Waals surface area contributed by atoms with Crippen molar-refractivity contribution in [2.45, 2.75) is 13.0 Å². The van der Waals surface area contributed by atoms with E-state index in [1.54, 1.807) is 41.6 Å². The molecule has 0 radical (unpaired) electrons. The zero-order valence-corrected chi connectivity index (χ0v) is 17.7. The van der Waals surface area contributed by atoms with Gasteiger partial charge < -0.3 is 10.1 Å². The first-order valence-electron chi connectivity index (χ1n) is 9.30. The minimum atomic E-state index is -3.30. The maximum Gasteiger partial charge on any atom is 0.262 e. The first kappa shape index (κ1) is 23.6. The summed E-state index contributed by atoms with van der Waals surface area (Å²) in [6.07, 6.45) is 1.13. The number of piperazine rings is 1. The van der Waals surface area contributed by atoms with Crippen molar-refractivity contribution in [3.05, 3.63) is 29.8 Å². The van der Waals surface area contributed by atoms with Crippen LogP contribution in [-0.4, -0.2) is 86.3 Å². The van der Waals surface area contributed by atoms with Crippen molar-refractivity contribution in [3.63, 3.8) is 0 Å². The Morgan fingerprint density at radius 3 is 2.37 bits per heavy atom. The molecule has 30 heavy (non-hydrogen) atoms. The molecular formula is C19H26N4O6S. The van der Waals surface area contributed by atoms with Crippen LogP contribution in [0.1, 0.15) is 17.3 Å². The molecule has 0 saturated carbocycles. The Kier molecular flexibility index (Phi) is 8.61. The molecule has 1 heterocycles. The van der Waals surface area contributed by atoms with Crippen LogP contribution in [0, 0.1) is 11.8 Å². The SMILES string of the molecule is CC#CCOc1ccc(C(=O)NCC(C(=O)NO)N2CCN(S(C)(=O)=O)CC2)cc1. The number of carbonyl (C=O) groups excluding carboxylic acids is 2. The lowest BCUT2D eigenvalue weighted by atomic mass is 10.1. The molecule has 11 heteroatoms. The van der Waals surface area contributed by atoms with Gasteiger partial charge in [-0.3, -0.25) is 19.7 Å². The predicted octanol–water partition coefficient (Wildman–Crippen LogP) is -0.730. The van der Waals surface area contributed by atoms with E-state index in [9.17, 15) is 18.0 Å². The lowest BCUT2D eigenvalue weighted by molar-refractivity contribution is -0.135. The lowest BCUT2D eigenvalue weighted by Crippen LogP contribution is -2.58. The Morgan fingerprint density at radius 1 is 1.20 bits per heavy atom. The van der Waals surface area contributed by atoms with E-state index >= 15 is 0 Å². The fourth-order valence-corrected chi connectivity index (χ4v) is 3.82. The van der Waals surface area contributed by atoms with E-state index in [2.05, 4.69) is 17.2 Å². The van der Waals surface area contributed by atoms with Gasteiger partial charge in [0, 0.05) is 38.3 Å². The van der Waals surface area contributed by atoms with E-state index in [0.29, 0.717) is 24.4 Å². The number of nitrogens with one attached hydrogen (secondary N) is 2. The number of amides is 2. The minimum Gasteiger partial charge on any atom is -0.481 e. The largest absolute Gasteiger partial charge is 0.481 e. The van der Waals surface area contributed by atoms with Crippen molar-refractivity contribution in [1.29, 1.82) is 0 Å². The number of benzene rings is 1. The summed E-state index contributed by atoms with van der Waals surface area (Å²) in [5, 5.41) is 11.7. The van der Waals surface area contributed by atoms with Crippen LogP contribution in [0.4, 0.5) is 0 Å². The van der Waals surface area contributed by atoms with Crippen LogP contribution in [0.5, 0.6) is 5.75 Å². The number of carbonyl (C=O) groups is 2. The average molecular weight is 439 g/mol. The number of ether oxygens (including phenoxy) is 1. The number of nitrogens with zero attached hydrogens (tertiary/aromatic N) is 2. The summed E-state index contributed by atoms with van der Waals surface area (Å²) in [5.41, 5.74) is 1.99. The van der Waals surface area contributed by atoms with E-state index < -0.39 is 22.0 Å². The van der Waals surface area contributed by atoms with E-state index in [1.165, 1.54) is 4.31 Å². The Balaban J connectivity index is 1.95. The fourth-order valence-electron chi connectivity index (χ4n) is 2.99. The lowest BCUT2D eigenvalue weighted by Gasteiger charge is -2.37. The van der Waals surface area contributed by atoms with Crippen molar-refractivity contribution in [2.75, 3.05) is 45.6 Å². The Labute approximate surface area is 176 Å². The summed E-state index contributed by atoms with van der Waals surface area (Å²) in [4.78, 5) is 26.2. The van der Waals surface area contributed by atoms with Gasteiger partial charge in [-0.15, -0.1) is 5.92 Å². The molecule has 10 nitrogen and oxygen atoms in total. The number of hydrogen-bond acceptors (Lipinski definition) is 7. The molecule has 1 unspecified atom stereocenters. The molecule has 2 rings (SSSR count). The third-order valence-corrected chi connectivity index (χ3v) is 5.96. The van der Waals surface area contributed by atoms with Gasteiger partial charge in [-0.05, 0) is 31.2 Å². The van der Waals surface area contributed by atoms with Crippen molar-refractivity contribution < 1.29 is 28.0 Å². The maximum absolute atomic E-state index is 12.4. The summed E-state index contributed by atoms with van der Waals surface area (Å²) in [6, 6.07) is 5.64. The van der Waals surface area contributed by atoms with Gasteiger partial charge >= 0.3 is 0 Å². The van der Waals surface area contributed by atoms with Crippen molar-refractivity contribution in [2.24, 2.45) is 0 Å². The van der Waals surface area contributed by atoms with Gasteiger partial charge in [-0.25, -0.2) is 13.9 Å². The van der Waals surface area contributed by atoms with Crippen LogP contribution in [0.25, 0.3) is 0 Å². The van der Waals surface area contributed by atoms with Crippen LogP contribution in [0.3, 0.4) is 0 Å². The van der Waals surface area contributed by atoms with Gasteiger partial charge in [0.15, 0.2) is 0 Å². The monoisotopic (exact) mass is 438 g/mol. The molecule has 1 fully saturated rings. The Morgan fingerprint density at radius 2 is 1.83 bits per heavy atom. The van der Waals surface area contributed by atoms with Crippen molar-refractivity contribution >= 4 is 21.8 Å². The second kappa shape index (κ2) is 10.9. The highest BCUT2D eigenvalue weighted by Gasteiger charge is 2.31. The van der Waals surface area contributed by atoms with Crippen LogP contribution in [0.15, 0.2) is 24.3 Å². The molecule has 1 atom stereocenters. The molecule has 164 valence electrons. The predicted molar refractivity (Wildman–Crippen MR) is 109 cm³/mol. The molecule has 0 aliphatic carbocycles. The standard InChI is InChI=1S/C19H26N4O6S/c1-3-4-13-29-16-7-5-15(6-8-16)18(24)20-14-17(19(25)21-26)22-9-11-23(12-10-22)30(2,27)28/h5-8,17,26H,9-14H2,1-2H3,(H,20,24)(H,21,25). The molecule has 3 N–H and O–H groups in total. The quantitative estimate of drug-likeness (QED) is 0.277. The molecule has 1 aliphatic rings. The summed E-state index contributed by atoms with van der Waals surface area (Å²) in [6.45, 7) is 2.98. The number of sulfonamides is 1. The van der Waals surface area contributed by atoms with Crippen LogP contribution < -0.4 is 15.5 Å². The highest BCUT2D eigenvalue weighted by atomic mass is 32.2. The minimum absolute atomic E-state index is 0.0472. The van der Waals surface area contributed by atoms with E-state index in [1.807, 2.05) is 0 Å². The zero-order valence-electron chi connectivity index (χ0n) is 16.9. The molecule has 0 aromatic heterocycles. The molecule has 2 amide bonds.